The minimum Gasteiger partial charge on any atom is -0.457 e. The Hall–Kier alpha value is -2.41. The van der Waals surface area contributed by atoms with E-state index < -0.39 is 35.5 Å². The zero-order valence-corrected chi connectivity index (χ0v) is 14.9. The van der Waals surface area contributed by atoms with Gasteiger partial charge in [-0.3, -0.25) is 4.79 Å². The third-order valence-electron chi connectivity index (χ3n) is 3.94. The van der Waals surface area contributed by atoms with Crippen molar-refractivity contribution < 1.29 is 23.8 Å². The Bertz CT molecular complexity index is 724. The minimum absolute atomic E-state index is 0.0246. The second-order valence-corrected chi connectivity index (χ2v) is 7.07. The monoisotopic (exact) mass is 363 g/mol. The second kappa shape index (κ2) is 8.31. The van der Waals surface area contributed by atoms with Gasteiger partial charge in [-0.25, -0.2) is 4.39 Å². The molecule has 1 aromatic carbocycles. The first kappa shape index (κ1) is 19.9. The van der Waals surface area contributed by atoms with Crippen LogP contribution in [0.5, 0.6) is 0 Å². The number of rotatable bonds is 6. The van der Waals surface area contributed by atoms with Gasteiger partial charge in [0.25, 0.3) is 0 Å². The van der Waals surface area contributed by atoms with Crippen LogP contribution in [0.4, 0.5) is 4.39 Å². The normalized spacial score (nSPS) is 22.9. The van der Waals surface area contributed by atoms with Crippen molar-refractivity contribution in [3.8, 4) is 0 Å². The summed E-state index contributed by atoms with van der Waals surface area (Å²) in [5.74, 6) is -1.48. The molecule has 0 bridgehead atoms. The highest BCUT2D eigenvalue weighted by Gasteiger charge is 2.45. The molecule has 3 atom stereocenters. The van der Waals surface area contributed by atoms with Crippen LogP contribution in [0.1, 0.15) is 26.3 Å². The Kier molecular flexibility index (Phi) is 6.37. The lowest BCUT2D eigenvalue weighted by Gasteiger charge is -2.25. The van der Waals surface area contributed by atoms with Gasteiger partial charge in [0.2, 0.25) is 0 Å². The molecule has 1 aromatic rings. The number of nitrogens with zero attached hydrogens (tertiary/aromatic N) is 3. The Morgan fingerprint density at radius 3 is 2.54 bits per heavy atom. The van der Waals surface area contributed by atoms with E-state index in [2.05, 4.69) is 10.0 Å². The van der Waals surface area contributed by atoms with Crippen molar-refractivity contribution in [2.45, 2.75) is 45.6 Å². The summed E-state index contributed by atoms with van der Waals surface area (Å²) in [4.78, 5) is 14.8. The zero-order chi connectivity index (χ0) is 19.3. The van der Waals surface area contributed by atoms with Crippen molar-refractivity contribution >= 4 is 5.97 Å². The number of benzene rings is 1. The topological polar surface area (TPSA) is 105 Å². The summed E-state index contributed by atoms with van der Waals surface area (Å²) >= 11 is 0. The SMILES string of the molecule is CC(C)(C)C(=O)O[C@@H]1C(COCc2ccccc2)=C(F)[C@H](O)[C@H]1N=[N+]=[N-]. The van der Waals surface area contributed by atoms with Crippen LogP contribution in [-0.4, -0.2) is 35.9 Å². The van der Waals surface area contributed by atoms with Crippen molar-refractivity contribution in [1.82, 2.24) is 0 Å². The van der Waals surface area contributed by atoms with Gasteiger partial charge in [-0.2, -0.15) is 0 Å². The van der Waals surface area contributed by atoms with Crippen LogP contribution < -0.4 is 0 Å². The van der Waals surface area contributed by atoms with Gasteiger partial charge in [0.15, 0.2) is 0 Å². The van der Waals surface area contributed by atoms with Crippen LogP contribution in [-0.2, 0) is 20.9 Å². The molecular formula is C18H22FN3O4. The number of azide groups is 1. The van der Waals surface area contributed by atoms with Gasteiger partial charge in [-0.1, -0.05) is 35.4 Å². The van der Waals surface area contributed by atoms with Gasteiger partial charge in [-0.05, 0) is 31.9 Å². The number of carbonyl (C=O) groups is 1. The lowest BCUT2D eigenvalue weighted by Crippen LogP contribution is -2.37. The predicted molar refractivity (Wildman–Crippen MR) is 92.5 cm³/mol. The number of hydrogen-bond donors (Lipinski definition) is 1. The summed E-state index contributed by atoms with van der Waals surface area (Å²) in [6.07, 6.45) is -2.87. The maximum absolute atomic E-state index is 14.5. The minimum atomic E-state index is -1.67. The molecule has 1 N–H and O–H groups in total. The van der Waals surface area contributed by atoms with Gasteiger partial charge in [-0.15, -0.1) is 0 Å². The number of esters is 1. The van der Waals surface area contributed by atoms with Gasteiger partial charge in [0.1, 0.15) is 24.1 Å². The molecule has 7 nitrogen and oxygen atoms in total. The standard InChI is InChI=1S/C18H22FN3O4/c1-18(2,3)17(24)26-16-12(13(19)15(23)14(16)21-22-20)10-25-9-11-7-5-4-6-8-11/h4-8,14-16,23H,9-10H2,1-3H3/t14-,15+,16-/m1/s1. The molecule has 0 fully saturated rings. The first-order valence-electron chi connectivity index (χ1n) is 8.19. The van der Waals surface area contributed by atoms with Gasteiger partial charge < -0.3 is 14.6 Å². The second-order valence-electron chi connectivity index (χ2n) is 7.07. The molecule has 0 heterocycles. The Balaban J connectivity index is 2.15. The molecular weight excluding hydrogens is 341 g/mol. The van der Waals surface area contributed by atoms with E-state index in [9.17, 15) is 14.3 Å². The van der Waals surface area contributed by atoms with E-state index in [1.54, 1.807) is 20.8 Å². The fourth-order valence-electron chi connectivity index (χ4n) is 2.47. The van der Waals surface area contributed by atoms with Crippen LogP contribution >= 0.6 is 0 Å². The van der Waals surface area contributed by atoms with Crippen molar-refractivity contribution in [3.63, 3.8) is 0 Å². The number of ether oxygens (including phenoxy) is 2. The van der Waals surface area contributed by atoms with Crippen LogP contribution in [0.2, 0.25) is 0 Å². The lowest BCUT2D eigenvalue weighted by atomic mass is 9.97. The summed E-state index contributed by atoms with van der Waals surface area (Å²) in [7, 11) is 0. The number of hydrogen-bond acceptors (Lipinski definition) is 5. The molecule has 0 amide bonds. The molecule has 0 radical (unpaired) electrons. The summed E-state index contributed by atoms with van der Waals surface area (Å²) in [6.45, 7) is 4.97. The maximum atomic E-state index is 14.5. The molecule has 1 aliphatic rings. The molecule has 0 spiro atoms. The Labute approximate surface area is 151 Å². The Morgan fingerprint density at radius 2 is 1.96 bits per heavy atom. The van der Waals surface area contributed by atoms with Crippen LogP contribution in [0.25, 0.3) is 10.4 Å². The van der Waals surface area contributed by atoms with E-state index in [1.165, 1.54) is 0 Å². The van der Waals surface area contributed by atoms with Crippen molar-refractivity contribution in [1.29, 1.82) is 0 Å². The smallest absolute Gasteiger partial charge is 0.311 e. The van der Waals surface area contributed by atoms with E-state index >= 15 is 0 Å². The predicted octanol–water partition coefficient (Wildman–Crippen LogP) is 3.44. The van der Waals surface area contributed by atoms with E-state index in [0.717, 1.165) is 5.56 Å². The van der Waals surface area contributed by atoms with Gasteiger partial charge >= 0.3 is 5.97 Å². The maximum Gasteiger partial charge on any atom is 0.311 e. The average Bonchev–Trinajstić information content (AvgIpc) is 2.80. The molecule has 0 aliphatic heterocycles. The van der Waals surface area contributed by atoms with Gasteiger partial charge in [0.05, 0.1) is 18.6 Å². The van der Waals surface area contributed by atoms with Crippen LogP contribution in [0.15, 0.2) is 46.8 Å². The number of aliphatic hydroxyl groups excluding tert-OH is 1. The highest BCUT2D eigenvalue weighted by atomic mass is 19.1. The molecule has 0 aromatic heterocycles. The summed E-state index contributed by atoms with van der Waals surface area (Å²) in [5.41, 5.74) is 8.72. The molecule has 2 rings (SSSR count). The summed E-state index contributed by atoms with van der Waals surface area (Å²) in [5, 5.41) is 13.4. The van der Waals surface area contributed by atoms with E-state index in [0.29, 0.717) is 0 Å². The third-order valence-corrected chi connectivity index (χ3v) is 3.94. The quantitative estimate of drug-likeness (QED) is 0.362. The van der Waals surface area contributed by atoms with E-state index in [-0.39, 0.29) is 18.8 Å². The molecule has 26 heavy (non-hydrogen) atoms. The molecule has 0 saturated carbocycles. The van der Waals surface area contributed by atoms with Crippen molar-refractivity contribution in [3.05, 3.63) is 57.7 Å². The fraction of sp³-hybridized carbons (Fsp3) is 0.500. The molecule has 140 valence electrons. The zero-order valence-electron chi connectivity index (χ0n) is 14.9. The first-order valence-corrected chi connectivity index (χ1v) is 8.19. The third kappa shape index (κ3) is 4.60. The molecule has 1 aliphatic carbocycles. The molecule has 0 saturated heterocycles. The van der Waals surface area contributed by atoms with Crippen LogP contribution in [0, 0.1) is 5.41 Å². The van der Waals surface area contributed by atoms with Crippen LogP contribution in [0.3, 0.4) is 0 Å². The molecule has 0 unspecified atom stereocenters. The summed E-state index contributed by atoms with van der Waals surface area (Å²) in [6, 6.07) is 8.02. The fourth-order valence-corrected chi connectivity index (χ4v) is 2.47. The number of aliphatic hydroxyl groups is 1. The Morgan fingerprint density at radius 1 is 1.31 bits per heavy atom. The highest BCUT2D eigenvalue weighted by molar-refractivity contribution is 5.76. The van der Waals surface area contributed by atoms with Crippen molar-refractivity contribution in [2.75, 3.05) is 6.61 Å². The first-order chi connectivity index (χ1) is 12.3. The van der Waals surface area contributed by atoms with E-state index in [4.69, 9.17) is 15.0 Å². The highest BCUT2D eigenvalue weighted by Crippen LogP contribution is 2.35. The number of carbonyl (C=O) groups excluding carboxylic acids is 1. The molecule has 8 heteroatoms. The average molecular weight is 363 g/mol. The summed E-state index contributed by atoms with van der Waals surface area (Å²) < 4.78 is 25.3. The van der Waals surface area contributed by atoms with E-state index in [1.807, 2.05) is 30.3 Å². The van der Waals surface area contributed by atoms with Gasteiger partial charge in [0, 0.05) is 10.5 Å². The largest absolute Gasteiger partial charge is 0.457 e. The number of halogens is 1. The van der Waals surface area contributed by atoms with Crippen molar-refractivity contribution in [2.24, 2.45) is 10.5 Å². The lowest BCUT2D eigenvalue weighted by molar-refractivity contribution is -0.158.